The monoisotopic (exact) mass is 133 g/mol. The van der Waals surface area contributed by atoms with Crippen LogP contribution in [0.4, 0.5) is 17.3 Å². The Morgan fingerprint density at radius 1 is 1.00 bits per heavy atom. The maximum absolute atomic E-state index is 9.75. The highest BCUT2D eigenvalue weighted by molar-refractivity contribution is 6.50. The molecule has 0 bridgehead atoms. The number of ether oxygens (including phenoxy) is 1. The summed E-state index contributed by atoms with van der Waals surface area (Å²) in [6.07, 6.45) is 0. The summed E-state index contributed by atoms with van der Waals surface area (Å²) in [5, 5.41) is 0. The molecule has 0 aromatic heterocycles. The highest BCUT2D eigenvalue weighted by Crippen LogP contribution is 2.06. The van der Waals surface area contributed by atoms with Crippen molar-refractivity contribution in [3.05, 3.63) is 0 Å². The molecule has 0 aliphatic carbocycles. The first-order chi connectivity index (χ1) is 3.41. The fourth-order valence-electron chi connectivity index (χ4n) is 0. The predicted octanol–water partition coefficient (Wildman–Crippen LogP) is 1.56. The van der Waals surface area contributed by atoms with Crippen LogP contribution in [0.1, 0.15) is 0 Å². The summed E-state index contributed by atoms with van der Waals surface area (Å²) in [4.78, 5) is 0. The SMILES string of the molecule is COC.F[B-](F)(F)F. The third-order valence-corrected chi connectivity index (χ3v) is 0. The highest BCUT2D eigenvalue weighted by atomic mass is 19.5. The molecule has 0 radical (unpaired) electrons. The number of rotatable bonds is 0. The third kappa shape index (κ3) is 1990. The van der Waals surface area contributed by atoms with E-state index >= 15 is 0 Å². The molecular weight excluding hydrogens is 127 g/mol. The van der Waals surface area contributed by atoms with Crippen molar-refractivity contribution in [3.63, 3.8) is 0 Å². The largest absolute Gasteiger partial charge is 0.673 e. The van der Waals surface area contributed by atoms with E-state index in [1.807, 2.05) is 0 Å². The summed E-state index contributed by atoms with van der Waals surface area (Å²) in [5.41, 5.74) is 0. The molecule has 0 aromatic carbocycles. The van der Waals surface area contributed by atoms with Gasteiger partial charge in [0.25, 0.3) is 0 Å². The summed E-state index contributed by atoms with van der Waals surface area (Å²) in [5.74, 6) is 0. The number of hydrogen-bond donors (Lipinski definition) is 0. The van der Waals surface area contributed by atoms with E-state index < -0.39 is 7.25 Å². The van der Waals surface area contributed by atoms with Crippen LogP contribution in [0.15, 0.2) is 0 Å². The van der Waals surface area contributed by atoms with Crippen LogP contribution >= 0.6 is 0 Å². The first kappa shape index (κ1) is 10.7. The average molecular weight is 133 g/mol. The standard InChI is InChI=1S/C2H6O.BF4/c1-3-2;2-1(3,4)5/h1-2H3;/q;-1. The maximum atomic E-state index is 9.75. The quantitative estimate of drug-likeness (QED) is 0.359. The number of halogens is 4. The molecule has 0 fully saturated rings. The zero-order chi connectivity index (χ0) is 7.21. The first-order valence-electron chi connectivity index (χ1n) is 1.69. The van der Waals surface area contributed by atoms with Crippen LogP contribution in [0.3, 0.4) is 0 Å². The molecule has 6 heteroatoms. The maximum Gasteiger partial charge on any atom is 0.673 e. The van der Waals surface area contributed by atoms with Gasteiger partial charge in [0.15, 0.2) is 0 Å². The minimum absolute atomic E-state index is 1.62. The minimum atomic E-state index is -6.00. The lowest BCUT2D eigenvalue weighted by Gasteiger charge is -1.94. The summed E-state index contributed by atoms with van der Waals surface area (Å²) in [6.45, 7) is 0. The van der Waals surface area contributed by atoms with Crippen LogP contribution in [-0.2, 0) is 4.74 Å². The van der Waals surface area contributed by atoms with E-state index in [4.69, 9.17) is 0 Å². The molecule has 0 aromatic rings. The second-order valence-electron chi connectivity index (χ2n) is 0.903. The smallest absolute Gasteiger partial charge is 0.418 e. The molecule has 0 aliphatic rings. The number of methoxy groups -OCH3 is 1. The Balaban J connectivity index is 0. The first-order valence-corrected chi connectivity index (χ1v) is 1.69. The van der Waals surface area contributed by atoms with Gasteiger partial charge < -0.3 is 22.0 Å². The second-order valence-corrected chi connectivity index (χ2v) is 0.903. The van der Waals surface area contributed by atoms with Crippen LogP contribution in [0, 0.1) is 0 Å². The Hall–Kier alpha value is -0.255. The van der Waals surface area contributed by atoms with Crippen LogP contribution in [-0.4, -0.2) is 21.5 Å². The van der Waals surface area contributed by atoms with Gasteiger partial charge in [-0.05, 0) is 0 Å². The summed E-state index contributed by atoms with van der Waals surface area (Å²) >= 11 is 0. The van der Waals surface area contributed by atoms with Crippen molar-refractivity contribution < 1.29 is 22.0 Å². The van der Waals surface area contributed by atoms with Crippen molar-refractivity contribution in [3.8, 4) is 0 Å². The zero-order valence-corrected chi connectivity index (χ0v) is 4.50. The lowest BCUT2D eigenvalue weighted by atomic mass is 10.3. The summed E-state index contributed by atoms with van der Waals surface area (Å²) in [6, 6.07) is 0. The molecular formula is C2H6BF4O-. The molecule has 0 unspecified atom stereocenters. The zero-order valence-electron chi connectivity index (χ0n) is 4.50. The van der Waals surface area contributed by atoms with Gasteiger partial charge in [0.05, 0.1) is 0 Å². The van der Waals surface area contributed by atoms with E-state index in [9.17, 15) is 17.3 Å². The van der Waals surface area contributed by atoms with E-state index in [0.717, 1.165) is 0 Å². The molecule has 8 heavy (non-hydrogen) atoms. The third-order valence-electron chi connectivity index (χ3n) is 0. The number of hydrogen-bond acceptors (Lipinski definition) is 1. The van der Waals surface area contributed by atoms with Gasteiger partial charge in [-0.25, -0.2) is 0 Å². The molecule has 0 atom stereocenters. The van der Waals surface area contributed by atoms with Crippen molar-refractivity contribution in [1.29, 1.82) is 0 Å². The summed E-state index contributed by atoms with van der Waals surface area (Å²) < 4.78 is 43.2. The van der Waals surface area contributed by atoms with Gasteiger partial charge >= 0.3 is 7.25 Å². The molecule has 52 valence electrons. The van der Waals surface area contributed by atoms with Gasteiger partial charge in [0.1, 0.15) is 0 Å². The summed E-state index contributed by atoms with van der Waals surface area (Å²) in [7, 11) is -2.75. The Morgan fingerprint density at radius 2 is 1.00 bits per heavy atom. The van der Waals surface area contributed by atoms with Crippen molar-refractivity contribution in [1.82, 2.24) is 0 Å². The van der Waals surface area contributed by atoms with E-state index in [1.165, 1.54) is 0 Å². The molecule has 1 nitrogen and oxygen atoms in total. The molecule has 0 aliphatic heterocycles. The molecule has 0 heterocycles. The lowest BCUT2D eigenvalue weighted by Crippen LogP contribution is -2.02. The normalized spacial score (nSPS) is 9.75. The molecule has 0 N–H and O–H groups in total. The van der Waals surface area contributed by atoms with E-state index in [1.54, 1.807) is 14.2 Å². The van der Waals surface area contributed by atoms with E-state index in [0.29, 0.717) is 0 Å². The Kier molecular flexibility index (Phi) is 6.53. The van der Waals surface area contributed by atoms with Crippen LogP contribution < -0.4 is 0 Å². The van der Waals surface area contributed by atoms with Gasteiger partial charge in [-0.1, -0.05) is 0 Å². The van der Waals surface area contributed by atoms with Crippen molar-refractivity contribution in [2.45, 2.75) is 0 Å². The van der Waals surface area contributed by atoms with Crippen LogP contribution in [0.5, 0.6) is 0 Å². The molecule has 0 saturated carbocycles. The topological polar surface area (TPSA) is 9.23 Å². The van der Waals surface area contributed by atoms with Crippen molar-refractivity contribution in [2.24, 2.45) is 0 Å². The van der Waals surface area contributed by atoms with Gasteiger partial charge in [-0.3, -0.25) is 0 Å². The average Bonchev–Trinajstić information content (AvgIpc) is 1.27. The Labute approximate surface area is 44.7 Å². The molecule has 0 spiro atoms. The lowest BCUT2D eigenvalue weighted by molar-refractivity contribution is 0.277. The molecule has 0 saturated heterocycles. The minimum Gasteiger partial charge on any atom is -0.418 e. The van der Waals surface area contributed by atoms with Gasteiger partial charge in [-0.2, -0.15) is 0 Å². The predicted molar refractivity (Wildman–Crippen MR) is 23.1 cm³/mol. The van der Waals surface area contributed by atoms with Gasteiger partial charge in [-0.15, -0.1) is 0 Å². The van der Waals surface area contributed by atoms with E-state index in [2.05, 4.69) is 4.74 Å². The molecule has 0 rings (SSSR count). The van der Waals surface area contributed by atoms with Crippen molar-refractivity contribution >= 4 is 7.25 Å². The highest BCUT2D eigenvalue weighted by Gasteiger charge is 2.20. The van der Waals surface area contributed by atoms with Crippen molar-refractivity contribution in [2.75, 3.05) is 14.2 Å². The van der Waals surface area contributed by atoms with Gasteiger partial charge in [0.2, 0.25) is 0 Å². The Bertz CT molecular complexity index is 37.8. The second kappa shape index (κ2) is 4.89. The van der Waals surface area contributed by atoms with Crippen LogP contribution in [0.2, 0.25) is 0 Å². The fourth-order valence-corrected chi connectivity index (χ4v) is 0. The van der Waals surface area contributed by atoms with Gasteiger partial charge in [0, 0.05) is 14.2 Å². The van der Waals surface area contributed by atoms with E-state index in [-0.39, 0.29) is 0 Å². The molecule has 0 amide bonds. The Morgan fingerprint density at radius 3 is 1.00 bits per heavy atom. The fraction of sp³-hybridized carbons (Fsp3) is 1.00. The van der Waals surface area contributed by atoms with Crippen LogP contribution in [0.25, 0.3) is 0 Å².